The Bertz CT molecular complexity index is 427. The van der Waals surface area contributed by atoms with Gasteiger partial charge < -0.3 is 5.11 Å². The van der Waals surface area contributed by atoms with Crippen molar-refractivity contribution >= 4 is 5.97 Å². The molecule has 4 bridgehead atoms. The highest BCUT2D eigenvalue weighted by atomic mass is 16.4. The zero-order valence-corrected chi connectivity index (χ0v) is 12.9. The molecule has 21 heavy (non-hydrogen) atoms. The fourth-order valence-electron chi connectivity index (χ4n) is 6.20. The van der Waals surface area contributed by atoms with Crippen molar-refractivity contribution < 1.29 is 9.90 Å². The molecule has 1 saturated heterocycles. The smallest absolute Gasteiger partial charge is 0.328 e. The summed E-state index contributed by atoms with van der Waals surface area (Å²) in [5.74, 6) is 1.91. The molecule has 5 aliphatic rings. The van der Waals surface area contributed by atoms with E-state index in [1.54, 1.807) is 6.08 Å². The molecule has 0 unspecified atom stereocenters. The van der Waals surface area contributed by atoms with E-state index in [4.69, 9.17) is 0 Å². The van der Waals surface area contributed by atoms with Gasteiger partial charge in [-0.2, -0.15) is 0 Å². The van der Waals surface area contributed by atoms with E-state index < -0.39 is 5.97 Å². The van der Waals surface area contributed by atoms with Crippen LogP contribution in [0.2, 0.25) is 0 Å². The Hall–Kier alpha value is -0.830. The van der Waals surface area contributed by atoms with Crippen molar-refractivity contribution in [2.75, 3.05) is 19.6 Å². The minimum Gasteiger partial charge on any atom is -0.478 e. The maximum absolute atomic E-state index is 11.4. The van der Waals surface area contributed by atoms with Gasteiger partial charge in [-0.25, -0.2) is 4.79 Å². The number of rotatable bonds is 4. The summed E-state index contributed by atoms with van der Waals surface area (Å²) in [4.78, 5) is 13.9. The molecule has 5 fully saturated rings. The Kier molecular flexibility index (Phi) is 3.36. The number of aliphatic carboxylic acids is 1. The Labute approximate surface area is 127 Å². The van der Waals surface area contributed by atoms with Crippen LogP contribution in [0.25, 0.3) is 0 Å². The molecule has 3 heteroatoms. The standard InChI is InChI=1S/C18H27NO2/c20-17(21)8-16(12-19-3-1-2-4-19)18-9-13-5-14(10-18)7-15(6-13)11-18/h8,13-15H,1-7,9-12H2,(H,20,21)/b16-8-. The first-order chi connectivity index (χ1) is 10.1. The summed E-state index contributed by atoms with van der Waals surface area (Å²) in [6, 6.07) is 0. The van der Waals surface area contributed by atoms with Crippen LogP contribution in [0, 0.1) is 23.2 Å². The molecule has 5 rings (SSSR count). The highest BCUT2D eigenvalue weighted by molar-refractivity contribution is 5.81. The van der Waals surface area contributed by atoms with Crippen molar-refractivity contribution in [1.29, 1.82) is 0 Å². The average molecular weight is 289 g/mol. The monoisotopic (exact) mass is 289 g/mol. The van der Waals surface area contributed by atoms with E-state index in [-0.39, 0.29) is 5.41 Å². The third-order valence-corrected chi connectivity index (χ3v) is 6.61. The molecule has 0 atom stereocenters. The lowest BCUT2D eigenvalue weighted by molar-refractivity contribution is -0.131. The third-order valence-electron chi connectivity index (χ3n) is 6.61. The van der Waals surface area contributed by atoms with Gasteiger partial charge in [0, 0.05) is 12.6 Å². The van der Waals surface area contributed by atoms with E-state index in [1.807, 2.05) is 0 Å². The normalized spacial score (nSPS) is 42.7. The van der Waals surface area contributed by atoms with Gasteiger partial charge >= 0.3 is 5.97 Å². The van der Waals surface area contributed by atoms with Crippen LogP contribution in [0.5, 0.6) is 0 Å². The quantitative estimate of drug-likeness (QED) is 0.807. The second-order valence-corrected chi connectivity index (χ2v) is 8.19. The fraction of sp³-hybridized carbons (Fsp3) is 0.833. The first-order valence-corrected chi connectivity index (χ1v) is 8.79. The van der Waals surface area contributed by atoms with Crippen LogP contribution in [0.4, 0.5) is 0 Å². The predicted molar refractivity (Wildman–Crippen MR) is 82.0 cm³/mol. The van der Waals surface area contributed by atoms with Crippen molar-refractivity contribution in [3.05, 3.63) is 11.6 Å². The second-order valence-electron chi connectivity index (χ2n) is 8.19. The van der Waals surface area contributed by atoms with Gasteiger partial charge in [-0.15, -0.1) is 0 Å². The van der Waals surface area contributed by atoms with E-state index in [0.717, 1.165) is 37.4 Å². The molecule has 0 amide bonds. The molecule has 0 spiro atoms. The van der Waals surface area contributed by atoms with Gasteiger partial charge in [0.1, 0.15) is 0 Å². The maximum atomic E-state index is 11.4. The molecule has 0 aromatic carbocycles. The zero-order chi connectivity index (χ0) is 14.4. The van der Waals surface area contributed by atoms with E-state index in [0.29, 0.717) is 0 Å². The molecule has 0 aromatic rings. The Morgan fingerprint density at radius 1 is 1.05 bits per heavy atom. The minimum absolute atomic E-state index is 0.246. The number of likely N-dealkylation sites (tertiary alicyclic amines) is 1. The van der Waals surface area contributed by atoms with Crippen LogP contribution < -0.4 is 0 Å². The highest BCUT2D eigenvalue weighted by Gasteiger charge is 2.52. The highest BCUT2D eigenvalue weighted by Crippen LogP contribution is 2.62. The average Bonchev–Trinajstić information content (AvgIpc) is 2.88. The predicted octanol–water partition coefficient (Wildman–Crippen LogP) is 3.31. The maximum Gasteiger partial charge on any atom is 0.328 e. The largest absolute Gasteiger partial charge is 0.478 e. The lowest BCUT2D eigenvalue weighted by Gasteiger charge is -2.58. The fourth-order valence-corrected chi connectivity index (χ4v) is 6.20. The summed E-state index contributed by atoms with van der Waals surface area (Å²) in [5.41, 5.74) is 1.51. The molecule has 116 valence electrons. The van der Waals surface area contributed by atoms with E-state index in [1.165, 1.54) is 56.9 Å². The first-order valence-electron chi connectivity index (χ1n) is 8.79. The number of hydrogen-bond donors (Lipinski definition) is 1. The van der Waals surface area contributed by atoms with Crippen molar-refractivity contribution in [3.8, 4) is 0 Å². The van der Waals surface area contributed by atoms with E-state index >= 15 is 0 Å². The lowest BCUT2D eigenvalue weighted by Crippen LogP contribution is -2.48. The molecule has 4 saturated carbocycles. The van der Waals surface area contributed by atoms with Crippen LogP contribution in [0.1, 0.15) is 51.4 Å². The van der Waals surface area contributed by atoms with Crippen LogP contribution in [0.15, 0.2) is 11.6 Å². The van der Waals surface area contributed by atoms with Gasteiger partial charge in [0.2, 0.25) is 0 Å². The van der Waals surface area contributed by atoms with Crippen molar-refractivity contribution in [3.63, 3.8) is 0 Å². The number of carbonyl (C=O) groups is 1. The minimum atomic E-state index is -0.736. The summed E-state index contributed by atoms with van der Waals surface area (Å²) in [5, 5.41) is 9.36. The molecular formula is C18H27NO2. The van der Waals surface area contributed by atoms with E-state index in [2.05, 4.69) is 4.90 Å². The summed E-state index contributed by atoms with van der Waals surface area (Å²) in [6.45, 7) is 3.23. The van der Waals surface area contributed by atoms with Gasteiger partial charge in [-0.05, 0) is 93.2 Å². The van der Waals surface area contributed by atoms with Crippen molar-refractivity contribution in [2.24, 2.45) is 23.2 Å². The van der Waals surface area contributed by atoms with Crippen LogP contribution in [-0.4, -0.2) is 35.6 Å². The SMILES string of the molecule is O=C(O)/C=C(/CN1CCCC1)C12CC3CC(CC(C3)C1)C2. The molecule has 1 heterocycles. The lowest BCUT2D eigenvalue weighted by atomic mass is 9.47. The van der Waals surface area contributed by atoms with Crippen LogP contribution in [0.3, 0.4) is 0 Å². The van der Waals surface area contributed by atoms with Gasteiger partial charge in [-0.3, -0.25) is 4.90 Å². The molecule has 4 aliphatic carbocycles. The number of carboxylic acids is 1. The van der Waals surface area contributed by atoms with Crippen LogP contribution in [-0.2, 0) is 4.79 Å². The van der Waals surface area contributed by atoms with Crippen molar-refractivity contribution in [2.45, 2.75) is 51.4 Å². The summed E-state index contributed by atoms with van der Waals surface area (Å²) < 4.78 is 0. The molecule has 1 aliphatic heterocycles. The molecule has 1 N–H and O–H groups in total. The second kappa shape index (κ2) is 5.12. The summed E-state index contributed by atoms with van der Waals surface area (Å²) >= 11 is 0. The van der Waals surface area contributed by atoms with Gasteiger partial charge in [0.15, 0.2) is 0 Å². The van der Waals surface area contributed by atoms with Gasteiger partial charge in [-0.1, -0.05) is 0 Å². The van der Waals surface area contributed by atoms with E-state index in [9.17, 15) is 9.90 Å². The molecule has 0 radical (unpaired) electrons. The molecule has 3 nitrogen and oxygen atoms in total. The van der Waals surface area contributed by atoms with Gasteiger partial charge in [0.05, 0.1) is 0 Å². The Balaban J connectivity index is 1.61. The number of carboxylic acid groups (broad SMARTS) is 1. The van der Waals surface area contributed by atoms with Crippen LogP contribution >= 0.6 is 0 Å². The Morgan fingerprint density at radius 2 is 1.57 bits per heavy atom. The molecular weight excluding hydrogens is 262 g/mol. The van der Waals surface area contributed by atoms with Gasteiger partial charge in [0.25, 0.3) is 0 Å². The number of hydrogen-bond acceptors (Lipinski definition) is 2. The first kappa shape index (κ1) is 13.8. The topological polar surface area (TPSA) is 40.5 Å². The third kappa shape index (κ3) is 2.54. The summed E-state index contributed by atoms with van der Waals surface area (Å²) in [6.07, 6.45) is 12.2. The Morgan fingerprint density at radius 3 is 2.05 bits per heavy atom. The zero-order valence-electron chi connectivity index (χ0n) is 12.9. The molecule has 0 aromatic heterocycles. The van der Waals surface area contributed by atoms with Crippen molar-refractivity contribution in [1.82, 2.24) is 4.90 Å². The number of nitrogens with zero attached hydrogens (tertiary/aromatic N) is 1. The summed E-state index contributed by atoms with van der Waals surface area (Å²) in [7, 11) is 0.